The zero-order valence-electron chi connectivity index (χ0n) is 13.2. The van der Waals surface area contributed by atoms with E-state index in [0.717, 1.165) is 6.07 Å². The van der Waals surface area contributed by atoms with Crippen LogP contribution < -0.4 is 15.1 Å². The van der Waals surface area contributed by atoms with Crippen LogP contribution in [0.5, 0.6) is 5.75 Å². The summed E-state index contributed by atoms with van der Waals surface area (Å²) < 4.78 is 21.9. The molecule has 0 radical (unpaired) electrons. The number of hydrogen-bond acceptors (Lipinski definition) is 5. The molecule has 0 spiro atoms. The SMILES string of the molecule is C=C1COc2c(N3CCC(O)C3)c(F)cc3c(=O)c(C(=O)O)cn1c23. The Hall–Kier alpha value is -2.87. The van der Waals surface area contributed by atoms with Crippen molar-refractivity contribution in [3.05, 3.63) is 40.4 Å². The molecule has 0 amide bonds. The fourth-order valence-corrected chi connectivity index (χ4v) is 3.42. The van der Waals surface area contributed by atoms with Crippen molar-refractivity contribution in [2.24, 2.45) is 0 Å². The van der Waals surface area contributed by atoms with Gasteiger partial charge in [0.05, 0.1) is 17.2 Å². The molecule has 2 aromatic rings. The van der Waals surface area contributed by atoms with Gasteiger partial charge in [0.25, 0.3) is 0 Å². The van der Waals surface area contributed by atoms with Crippen molar-refractivity contribution in [1.29, 1.82) is 0 Å². The zero-order chi connectivity index (χ0) is 17.9. The zero-order valence-corrected chi connectivity index (χ0v) is 13.2. The fraction of sp³-hybridized carbons (Fsp3) is 0.294. The topological polar surface area (TPSA) is 92.0 Å². The number of halogens is 1. The number of hydrogen-bond donors (Lipinski definition) is 2. The number of carboxylic acids is 1. The number of carboxylic acid groups (broad SMARTS) is 1. The van der Waals surface area contributed by atoms with E-state index in [4.69, 9.17) is 4.74 Å². The standard InChI is InChI=1S/C17H15FN2O5/c1-8-7-25-16-13-10(15(22)11(17(23)24)6-20(8)13)4-12(18)14(16)19-3-2-9(21)5-19/h4,6,9,21H,1-3,5,7H2,(H,23,24). The monoisotopic (exact) mass is 346 g/mol. The van der Waals surface area contributed by atoms with Crippen molar-refractivity contribution in [1.82, 2.24) is 4.57 Å². The number of β-amino-alcohol motifs (C(OH)–C–C–N with tert-alkyl or cyclic N) is 1. The highest BCUT2D eigenvalue weighted by Gasteiger charge is 2.31. The van der Waals surface area contributed by atoms with Crippen molar-refractivity contribution in [2.45, 2.75) is 12.5 Å². The minimum absolute atomic E-state index is 0.0386. The maximum Gasteiger partial charge on any atom is 0.341 e. The smallest absolute Gasteiger partial charge is 0.341 e. The lowest BCUT2D eigenvalue weighted by molar-refractivity contribution is 0.0695. The molecule has 0 saturated carbocycles. The Balaban J connectivity index is 2.08. The molecule has 1 aromatic carbocycles. The van der Waals surface area contributed by atoms with Crippen LogP contribution in [0.4, 0.5) is 10.1 Å². The maximum atomic E-state index is 14.8. The highest BCUT2D eigenvalue weighted by Crippen LogP contribution is 2.42. The second-order valence-electron chi connectivity index (χ2n) is 6.22. The van der Waals surface area contributed by atoms with Crippen molar-refractivity contribution in [3.8, 4) is 5.75 Å². The molecule has 0 aliphatic carbocycles. The Bertz CT molecular complexity index is 997. The van der Waals surface area contributed by atoms with E-state index < -0.39 is 28.9 Å². The Kier molecular flexibility index (Phi) is 3.33. The maximum absolute atomic E-state index is 14.8. The number of carbonyl (C=O) groups is 1. The average Bonchev–Trinajstić information content (AvgIpc) is 2.98. The predicted molar refractivity (Wildman–Crippen MR) is 88.8 cm³/mol. The first-order valence-electron chi connectivity index (χ1n) is 7.77. The number of rotatable bonds is 2. The molecule has 1 aromatic heterocycles. The molecule has 1 fully saturated rings. The number of ether oxygens (including phenoxy) is 1. The van der Waals surface area contributed by atoms with E-state index in [0.29, 0.717) is 24.2 Å². The predicted octanol–water partition coefficient (Wildman–Crippen LogP) is 1.27. The van der Waals surface area contributed by atoms with E-state index in [1.807, 2.05) is 0 Å². The van der Waals surface area contributed by atoms with Gasteiger partial charge < -0.3 is 24.4 Å². The molecule has 2 N–H and O–H groups in total. The number of anilines is 1. The van der Waals surface area contributed by atoms with E-state index in [9.17, 15) is 24.2 Å². The molecule has 2 aliphatic rings. The van der Waals surface area contributed by atoms with Crippen LogP contribution in [0.25, 0.3) is 16.6 Å². The van der Waals surface area contributed by atoms with Gasteiger partial charge in [-0.25, -0.2) is 9.18 Å². The first-order valence-corrected chi connectivity index (χ1v) is 7.77. The number of pyridine rings is 1. The molecule has 3 heterocycles. The molecule has 8 heteroatoms. The quantitative estimate of drug-likeness (QED) is 0.851. The minimum Gasteiger partial charge on any atom is -0.483 e. The Morgan fingerprint density at radius 2 is 2.20 bits per heavy atom. The van der Waals surface area contributed by atoms with Crippen molar-refractivity contribution >= 4 is 28.3 Å². The third-order valence-electron chi connectivity index (χ3n) is 4.60. The average molecular weight is 346 g/mol. The lowest BCUT2D eigenvalue weighted by Gasteiger charge is -2.28. The number of aromatic nitrogens is 1. The molecule has 1 atom stereocenters. The third kappa shape index (κ3) is 2.21. The highest BCUT2D eigenvalue weighted by molar-refractivity contribution is 5.99. The van der Waals surface area contributed by atoms with Crippen LogP contribution in [0.1, 0.15) is 16.8 Å². The van der Waals surface area contributed by atoms with Crippen LogP contribution in [-0.4, -0.2) is 46.5 Å². The van der Waals surface area contributed by atoms with Crippen LogP contribution in [-0.2, 0) is 0 Å². The first kappa shape index (κ1) is 15.6. The summed E-state index contributed by atoms with van der Waals surface area (Å²) in [6.45, 7) is 4.58. The summed E-state index contributed by atoms with van der Waals surface area (Å²) in [7, 11) is 0. The largest absolute Gasteiger partial charge is 0.483 e. The van der Waals surface area contributed by atoms with Gasteiger partial charge in [-0.2, -0.15) is 0 Å². The molecule has 0 bridgehead atoms. The van der Waals surface area contributed by atoms with Gasteiger partial charge >= 0.3 is 5.97 Å². The lowest BCUT2D eigenvalue weighted by atomic mass is 10.1. The Morgan fingerprint density at radius 3 is 2.84 bits per heavy atom. The highest BCUT2D eigenvalue weighted by atomic mass is 19.1. The lowest BCUT2D eigenvalue weighted by Crippen LogP contribution is -2.27. The van der Waals surface area contributed by atoms with Gasteiger partial charge in [-0.3, -0.25) is 4.79 Å². The summed E-state index contributed by atoms with van der Waals surface area (Å²) >= 11 is 0. The molecule has 130 valence electrons. The minimum atomic E-state index is -1.39. The van der Waals surface area contributed by atoms with Crippen molar-refractivity contribution in [2.75, 3.05) is 24.6 Å². The van der Waals surface area contributed by atoms with Crippen LogP contribution in [0.15, 0.2) is 23.6 Å². The van der Waals surface area contributed by atoms with E-state index >= 15 is 0 Å². The van der Waals surface area contributed by atoms with Gasteiger partial charge in [0, 0.05) is 19.3 Å². The van der Waals surface area contributed by atoms with E-state index in [1.165, 1.54) is 10.8 Å². The van der Waals surface area contributed by atoms with Crippen molar-refractivity contribution < 1.29 is 24.1 Å². The van der Waals surface area contributed by atoms with Crippen LogP contribution in [0.2, 0.25) is 0 Å². The first-order chi connectivity index (χ1) is 11.9. The van der Waals surface area contributed by atoms with E-state index in [-0.39, 0.29) is 30.0 Å². The summed E-state index contributed by atoms with van der Waals surface area (Å²) in [6, 6.07) is 1.03. The summed E-state index contributed by atoms with van der Waals surface area (Å²) in [5.74, 6) is -1.90. The third-order valence-corrected chi connectivity index (χ3v) is 4.60. The van der Waals surface area contributed by atoms with Gasteiger partial charge in [-0.05, 0) is 12.5 Å². The van der Waals surface area contributed by atoms with Crippen LogP contribution in [0, 0.1) is 5.82 Å². The molecule has 25 heavy (non-hydrogen) atoms. The Morgan fingerprint density at radius 1 is 1.44 bits per heavy atom. The van der Waals surface area contributed by atoms with Crippen molar-refractivity contribution in [3.63, 3.8) is 0 Å². The van der Waals surface area contributed by atoms with Crippen LogP contribution >= 0.6 is 0 Å². The molecule has 4 rings (SSSR count). The number of nitrogens with zero attached hydrogens (tertiary/aromatic N) is 2. The van der Waals surface area contributed by atoms with Gasteiger partial charge in [0.1, 0.15) is 23.4 Å². The summed E-state index contributed by atoms with van der Waals surface area (Å²) in [6.07, 6.45) is 1.15. The van der Waals surface area contributed by atoms with E-state index in [2.05, 4.69) is 6.58 Å². The van der Waals surface area contributed by atoms with Gasteiger partial charge in [0.2, 0.25) is 5.43 Å². The summed E-state index contributed by atoms with van der Waals surface area (Å²) in [5, 5.41) is 18.9. The Labute approximate surface area is 141 Å². The van der Waals surface area contributed by atoms with Crippen LogP contribution in [0.3, 0.4) is 0 Å². The van der Waals surface area contributed by atoms with Gasteiger partial charge in [-0.15, -0.1) is 0 Å². The number of aliphatic hydroxyl groups excluding tert-OH is 1. The second kappa shape index (κ2) is 5.32. The summed E-state index contributed by atoms with van der Waals surface area (Å²) in [5.41, 5.74) is -0.314. The molecule has 2 aliphatic heterocycles. The number of aromatic carboxylic acids is 1. The fourth-order valence-electron chi connectivity index (χ4n) is 3.42. The number of aliphatic hydroxyl groups is 1. The molecular formula is C17H15FN2O5. The summed E-state index contributed by atoms with van der Waals surface area (Å²) in [4.78, 5) is 25.5. The molecule has 1 saturated heterocycles. The number of benzene rings is 1. The molecule has 1 unspecified atom stereocenters. The van der Waals surface area contributed by atoms with E-state index in [1.54, 1.807) is 4.90 Å². The van der Waals surface area contributed by atoms with Gasteiger partial charge in [0.15, 0.2) is 11.6 Å². The van der Waals surface area contributed by atoms with Gasteiger partial charge in [-0.1, -0.05) is 6.58 Å². The molecule has 7 nitrogen and oxygen atoms in total. The normalized spacial score (nSPS) is 19.4. The molecular weight excluding hydrogens is 331 g/mol. The second-order valence-corrected chi connectivity index (χ2v) is 6.22.